The predicted molar refractivity (Wildman–Crippen MR) is 98.7 cm³/mol. The summed E-state index contributed by atoms with van der Waals surface area (Å²) in [6.45, 7) is 2.29. The van der Waals surface area contributed by atoms with Crippen LogP contribution in [0.1, 0.15) is 41.3 Å². The summed E-state index contributed by atoms with van der Waals surface area (Å²) >= 11 is 0. The Morgan fingerprint density at radius 3 is 2.56 bits per heavy atom. The zero-order chi connectivity index (χ0) is 19.6. The van der Waals surface area contributed by atoms with E-state index in [9.17, 15) is 24.2 Å². The minimum atomic E-state index is -1.48. The van der Waals surface area contributed by atoms with Crippen molar-refractivity contribution < 1.29 is 19.4 Å². The van der Waals surface area contributed by atoms with Crippen LogP contribution in [-0.2, 0) is 13.0 Å². The third kappa shape index (κ3) is 3.67. The van der Waals surface area contributed by atoms with Crippen LogP contribution >= 0.6 is 0 Å². The molecule has 0 amide bonds. The number of hydrogen-bond acceptors (Lipinski definition) is 4. The monoisotopic (exact) mass is 370 g/mol. The van der Waals surface area contributed by atoms with E-state index in [1.165, 1.54) is 22.9 Å². The summed E-state index contributed by atoms with van der Waals surface area (Å²) in [5.74, 6) is -2.43. The van der Waals surface area contributed by atoms with E-state index in [0.29, 0.717) is 24.9 Å². The normalized spacial score (nSPS) is 11.0. The molecule has 0 saturated heterocycles. The van der Waals surface area contributed by atoms with Gasteiger partial charge in [0.1, 0.15) is 11.3 Å². The molecule has 1 aromatic carbocycles. The molecule has 0 aliphatic heterocycles. The summed E-state index contributed by atoms with van der Waals surface area (Å²) in [6, 6.07) is 7.77. The van der Waals surface area contributed by atoms with Gasteiger partial charge in [0.2, 0.25) is 0 Å². The Morgan fingerprint density at radius 1 is 1.22 bits per heavy atom. The maximum Gasteiger partial charge on any atom is 0.345 e. The second-order valence-corrected chi connectivity index (χ2v) is 6.35. The van der Waals surface area contributed by atoms with Gasteiger partial charge in [-0.25, -0.2) is 9.18 Å². The lowest BCUT2D eigenvalue weighted by Crippen LogP contribution is -2.27. The van der Waals surface area contributed by atoms with Crippen LogP contribution in [0.4, 0.5) is 4.39 Å². The van der Waals surface area contributed by atoms with Gasteiger partial charge >= 0.3 is 5.97 Å². The van der Waals surface area contributed by atoms with Gasteiger partial charge in [-0.1, -0.05) is 25.5 Å². The second-order valence-electron chi connectivity index (χ2n) is 6.35. The average molecular weight is 370 g/mol. The minimum Gasteiger partial charge on any atom is -0.505 e. The second kappa shape index (κ2) is 7.57. The molecular formula is C20H19FN2O4. The smallest absolute Gasteiger partial charge is 0.345 e. The van der Waals surface area contributed by atoms with Crippen molar-refractivity contribution in [3.63, 3.8) is 0 Å². The van der Waals surface area contributed by atoms with Crippen molar-refractivity contribution in [1.29, 1.82) is 0 Å². The molecule has 0 atom stereocenters. The Morgan fingerprint density at radius 2 is 1.93 bits per heavy atom. The minimum absolute atomic E-state index is 0.0750. The van der Waals surface area contributed by atoms with Crippen molar-refractivity contribution in [2.24, 2.45) is 0 Å². The van der Waals surface area contributed by atoms with Crippen LogP contribution in [0.5, 0.6) is 5.75 Å². The first-order valence-corrected chi connectivity index (χ1v) is 8.64. The summed E-state index contributed by atoms with van der Waals surface area (Å²) < 4.78 is 14.4. The molecule has 2 aromatic heterocycles. The molecular weight excluding hydrogens is 351 g/mol. The number of halogens is 1. The zero-order valence-electron chi connectivity index (χ0n) is 14.8. The maximum absolute atomic E-state index is 13.1. The van der Waals surface area contributed by atoms with E-state index in [1.807, 2.05) is 6.92 Å². The molecule has 7 heteroatoms. The van der Waals surface area contributed by atoms with E-state index in [-0.39, 0.29) is 11.3 Å². The van der Waals surface area contributed by atoms with Gasteiger partial charge in [0.25, 0.3) is 5.56 Å². The highest BCUT2D eigenvalue weighted by atomic mass is 19.1. The topological polar surface area (TPSA) is 92.4 Å². The van der Waals surface area contributed by atoms with Gasteiger partial charge in [0, 0.05) is 12.7 Å². The molecule has 2 N–H and O–H groups in total. The number of aryl methyl sites for hydroxylation is 1. The Hall–Kier alpha value is -3.22. The highest BCUT2D eigenvalue weighted by Crippen LogP contribution is 2.26. The first kappa shape index (κ1) is 18.6. The number of benzene rings is 1. The third-order valence-electron chi connectivity index (χ3n) is 4.41. The van der Waals surface area contributed by atoms with Gasteiger partial charge in [-0.2, -0.15) is 0 Å². The fraction of sp³-hybridized carbons (Fsp3) is 0.250. The zero-order valence-corrected chi connectivity index (χ0v) is 14.8. The van der Waals surface area contributed by atoms with E-state index < -0.39 is 22.8 Å². The Labute approximate surface area is 154 Å². The highest BCUT2D eigenvalue weighted by molar-refractivity contribution is 5.97. The number of carbonyl (C=O) groups is 1. The number of carboxylic acid groups (broad SMARTS) is 1. The number of nitrogens with zero attached hydrogens (tertiary/aromatic N) is 2. The van der Waals surface area contributed by atoms with Crippen LogP contribution in [0.15, 0.2) is 41.3 Å². The molecule has 6 nitrogen and oxygen atoms in total. The molecule has 0 unspecified atom stereocenters. The van der Waals surface area contributed by atoms with Crippen LogP contribution in [-0.4, -0.2) is 25.7 Å². The first-order valence-electron chi connectivity index (χ1n) is 8.64. The molecule has 0 saturated carbocycles. The summed E-state index contributed by atoms with van der Waals surface area (Å²) in [5.41, 5.74) is 0.674. The van der Waals surface area contributed by atoms with Gasteiger partial charge < -0.3 is 14.8 Å². The number of aromatic nitrogens is 2. The molecule has 3 aromatic rings. The number of fused-ring (bicyclic) bond motifs is 1. The van der Waals surface area contributed by atoms with Crippen molar-refractivity contribution in [2.45, 2.75) is 32.7 Å². The van der Waals surface area contributed by atoms with E-state index >= 15 is 0 Å². The van der Waals surface area contributed by atoms with E-state index in [0.717, 1.165) is 17.5 Å². The molecule has 0 radical (unpaired) electrons. The molecule has 27 heavy (non-hydrogen) atoms. The van der Waals surface area contributed by atoms with Crippen LogP contribution < -0.4 is 5.56 Å². The lowest BCUT2D eigenvalue weighted by atomic mass is 10.1. The van der Waals surface area contributed by atoms with Gasteiger partial charge in [-0.3, -0.25) is 9.78 Å². The van der Waals surface area contributed by atoms with Gasteiger partial charge in [-0.05, 0) is 42.2 Å². The molecule has 0 spiro atoms. The van der Waals surface area contributed by atoms with Crippen molar-refractivity contribution >= 4 is 17.0 Å². The lowest BCUT2D eigenvalue weighted by molar-refractivity contribution is 0.0691. The van der Waals surface area contributed by atoms with Gasteiger partial charge in [0.05, 0.1) is 5.52 Å². The number of hydrogen-bond donors (Lipinski definition) is 2. The SMILES string of the molecule is CCCCn1c(=O)c(C(=O)O)c(O)c2ncc(Cc3ccc(F)cc3)cc21. The maximum atomic E-state index is 13.1. The number of rotatable bonds is 6. The van der Waals surface area contributed by atoms with Crippen molar-refractivity contribution in [3.8, 4) is 5.75 Å². The number of unbranched alkanes of at least 4 members (excludes halogenated alkanes) is 1. The van der Waals surface area contributed by atoms with Crippen LogP contribution in [0.3, 0.4) is 0 Å². The number of aromatic hydroxyl groups is 1. The van der Waals surface area contributed by atoms with Crippen molar-refractivity contribution in [3.05, 3.63) is 69.4 Å². The van der Waals surface area contributed by atoms with Crippen molar-refractivity contribution in [2.75, 3.05) is 0 Å². The van der Waals surface area contributed by atoms with Crippen LogP contribution in [0.2, 0.25) is 0 Å². The highest BCUT2D eigenvalue weighted by Gasteiger charge is 2.22. The molecule has 3 rings (SSSR count). The Kier molecular flexibility index (Phi) is 5.21. The lowest BCUT2D eigenvalue weighted by Gasteiger charge is -2.14. The Bertz CT molecular complexity index is 1060. The number of carboxylic acids is 1. The predicted octanol–water partition coefficient (Wildman–Crippen LogP) is 3.33. The van der Waals surface area contributed by atoms with E-state index in [2.05, 4.69) is 4.98 Å². The fourth-order valence-corrected chi connectivity index (χ4v) is 3.01. The number of aromatic carboxylic acids is 1. The standard InChI is InChI=1S/C20H19FN2O4/c1-2-3-8-23-15-10-13(9-12-4-6-14(21)7-5-12)11-22-17(15)18(24)16(19(23)25)20(26)27/h4-7,10-11,24H,2-3,8-9H2,1H3,(H,26,27). The van der Waals surface area contributed by atoms with E-state index in [4.69, 9.17) is 0 Å². The van der Waals surface area contributed by atoms with Crippen LogP contribution in [0.25, 0.3) is 11.0 Å². The third-order valence-corrected chi connectivity index (χ3v) is 4.41. The summed E-state index contributed by atoms with van der Waals surface area (Å²) in [4.78, 5) is 28.2. The quantitative estimate of drug-likeness (QED) is 0.694. The molecule has 0 aliphatic carbocycles. The molecule has 0 aliphatic rings. The molecule has 0 fully saturated rings. The molecule has 140 valence electrons. The summed E-state index contributed by atoms with van der Waals surface area (Å²) in [5, 5.41) is 19.6. The van der Waals surface area contributed by atoms with Gasteiger partial charge in [-0.15, -0.1) is 0 Å². The van der Waals surface area contributed by atoms with Crippen molar-refractivity contribution in [1.82, 2.24) is 9.55 Å². The first-order chi connectivity index (χ1) is 12.9. The molecule has 2 heterocycles. The number of pyridine rings is 2. The summed E-state index contributed by atoms with van der Waals surface area (Å²) in [7, 11) is 0. The Balaban J connectivity index is 2.16. The van der Waals surface area contributed by atoms with Gasteiger partial charge in [0.15, 0.2) is 11.3 Å². The van der Waals surface area contributed by atoms with E-state index in [1.54, 1.807) is 18.2 Å². The summed E-state index contributed by atoms with van der Waals surface area (Å²) in [6.07, 6.45) is 3.49. The average Bonchev–Trinajstić information content (AvgIpc) is 2.63. The largest absolute Gasteiger partial charge is 0.505 e. The van der Waals surface area contributed by atoms with Crippen LogP contribution in [0, 0.1) is 5.82 Å². The molecule has 0 bridgehead atoms. The fourth-order valence-electron chi connectivity index (χ4n) is 3.01.